The standard InChI is InChI=1S/C25H33N5O9/c1-25(2,3)21(13-6-16(36-4)17(37-5)7-14(13)30(34)35)38-11-12-9-29(19-8-15(32)18(10-31)39-19)22-20(12)23(33)28-24(26)27-22/h6-7,9,15,18-19,21,31-32H,8,10-11H2,1-5H3,(H3,26,27,28,33)/t15-,18+,19+,21?/m0/s1. The number of aliphatic hydroxyl groups is 2. The second-order valence-corrected chi connectivity index (χ2v) is 10.4. The van der Waals surface area contributed by atoms with E-state index in [2.05, 4.69) is 9.97 Å². The zero-order chi connectivity index (χ0) is 28.6. The summed E-state index contributed by atoms with van der Waals surface area (Å²) in [4.78, 5) is 31.2. The Morgan fingerprint density at radius 3 is 2.54 bits per heavy atom. The molecule has 0 spiro atoms. The lowest BCUT2D eigenvalue weighted by Crippen LogP contribution is -2.24. The number of hydrogen-bond donors (Lipinski definition) is 4. The van der Waals surface area contributed by atoms with Crippen molar-refractivity contribution in [3.8, 4) is 11.5 Å². The molecule has 3 heterocycles. The van der Waals surface area contributed by atoms with Crippen LogP contribution in [0.25, 0.3) is 11.0 Å². The first kappa shape index (κ1) is 28.3. The largest absolute Gasteiger partial charge is 0.493 e. The molecule has 14 nitrogen and oxygen atoms in total. The monoisotopic (exact) mass is 547 g/mol. The summed E-state index contributed by atoms with van der Waals surface area (Å²) >= 11 is 0. The zero-order valence-corrected chi connectivity index (χ0v) is 22.3. The van der Waals surface area contributed by atoms with Gasteiger partial charge in [0.15, 0.2) is 17.1 Å². The molecule has 1 fully saturated rings. The molecule has 5 N–H and O–H groups in total. The Bertz CT molecular complexity index is 1430. The van der Waals surface area contributed by atoms with Crippen LogP contribution in [0.3, 0.4) is 0 Å². The van der Waals surface area contributed by atoms with Crippen LogP contribution in [0.4, 0.5) is 11.6 Å². The van der Waals surface area contributed by atoms with Gasteiger partial charge in [-0.05, 0) is 11.5 Å². The fourth-order valence-electron chi connectivity index (χ4n) is 4.86. The van der Waals surface area contributed by atoms with Gasteiger partial charge in [-0.1, -0.05) is 20.8 Å². The van der Waals surface area contributed by atoms with Crippen molar-refractivity contribution >= 4 is 22.7 Å². The van der Waals surface area contributed by atoms with Gasteiger partial charge in [0.2, 0.25) is 5.95 Å². The SMILES string of the molecule is COc1cc(C(OCc2cn([C@H]3C[C@H](O)[C@@H](CO)O3)c3nc(N)[nH]c(=O)c23)C(C)(C)C)c([N+](=O)[O-])cc1OC. The molecule has 0 amide bonds. The van der Waals surface area contributed by atoms with Crippen molar-refractivity contribution in [2.45, 2.75) is 58.3 Å². The van der Waals surface area contributed by atoms with Gasteiger partial charge in [0.1, 0.15) is 12.3 Å². The van der Waals surface area contributed by atoms with Crippen molar-refractivity contribution in [1.82, 2.24) is 14.5 Å². The van der Waals surface area contributed by atoms with E-state index in [1.165, 1.54) is 26.4 Å². The van der Waals surface area contributed by atoms with Crippen LogP contribution in [-0.2, 0) is 16.1 Å². The van der Waals surface area contributed by atoms with Crippen molar-refractivity contribution in [2.24, 2.45) is 5.41 Å². The Hall–Kier alpha value is -3.72. The quantitative estimate of drug-likeness (QED) is 0.226. The van der Waals surface area contributed by atoms with Crippen molar-refractivity contribution < 1.29 is 34.1 Å². The lowest BCUT2D eigenvalue weighted by atomic mass is 9.83. The number of aromatic amines is 1. The van der Waals surface area contributed by atoms with E-state index in [-0.39, 0.29) is 53.6 Å². The van der Waals surface area contributed by atoms with Crippen LogP contribution in [-0.4, -0.2) is 62.7 Å². The predicted molar refractivity (Wildman–Crippen MR) is 140 cm³/mol. The van der Waals surface area contributed by atoms with Gasteiger partial charge in [0.25, 0.3) is 11.2 Å². The predicted octanol–water partition coefficient (Wildman–Crippen LogP) is 2.18. The van der Waals surface area contributed by atoms with Crippen LogP contribution in [0.15, 0.2) is 23.1 Å². The Morgan fingerprint density at radius 2 is 1.97 bits per heavy atom. The summed E-state index contributed by atoms with van der Waals surface area (Å²) in [6.07, 6.45) is -1.44. The molecular formula is C25H33N5O9. The van der Waals surface area contributed by atoms with E-state index in [1.54, 1.807) is 10.8 Å². The molecule has 4 atom stereocenters. The Balaban J connectivity index is 1.78. The number of nitro groups is 1. The number of H-pyrrole nitrogens is 1. The number of ether oxygens (including phenoxy) is 4. The van der Waals surface area contributed by atoms with Crippen molar-refractivity contribution in [1.29, 1.82) is 0 Å². The fourth-order valence-corrected chi connectivity index (χ4v) is 4.86. The number of nitrogens with zero attached hydrogens (tertiary/aromatic N) is 3. The van der Waals surface area contributed by atoms with Crippen molar-refractivity contribution in [2.75, 3.05) is 26.6 Å². The van der Waals surface area contributed by atoms with Gasteiger partial charge in [0.05, 0.1) is 61.6 Å². The van der Waals surface area contributed by atoms with E-state index < -0.39 is 40.4 Å². The summed E-state index contributed by atoms with van der Waals surface area (Å²) in [5, 5.41) is 31.9. The molecular weight excluding hydrogens is 514 g/mol. The minimum atomic E-state index is -0.910. The average molecular weight is 548 g/mol. The third-order valence-electron chi connectivity index (χ3n) is 6.68. The number of nitrogens with two attached hydrogens (primary N) is 1. The number of fused-ring (bicyclic) bond motifs is 1. The average Bonchev–Trinajstić information content (AvgIpc) is 3.42. The smallest absolute Gasteiger partial charge is 0.279 e. The van der Waals surface area contributed by atoms with Gasteiger partial charge >= 0.3 is 0 Å². The maximum atomic E-state index is 12.9. The molecule has 2 aromatic heterocycles. The van der Waals surface area contributed by atoms with Gasteiger partial charge in [0, 0.05) is 18.2 Å². The number of aliphatic hydroxyl groups excluding tert-OH is 2. The van der Waals surface area contributed by atoms with E-state index in [1.807, 2.05) is 20.8 Å². The van der Waals surface area contributed by atoms with E-state index in [9.17, 15) is 25.1 Å². The Kier molecular flexibility index (Phi) is 7.84. The molecule has 212 valence electrons. The maximum absolute atomic E-state index is 12.9. The number of aromatic nitrogens is 3. The highest BCUT2D eigenvalue weighted by Gasteiger charge is 2.37. The minimum absolute atomic E-state index is 0.106. The number of nitrogen functional groups attached to an aromatic ring is 1. The Morgan fingerprint density at radius 1 is 1.31 bits per heavy atom. The van der Waals surface area contributed by atoms with Crippen LogP contribution in [0.1, 0.15) is 50.7 Å². The Labute approximate surface area is 223 Å². The molecule has 0 aliphatic carbocycles. The number of methoxy groups -OCH3 is 2. The molecule has 0 saturated carbocycles. The molecule has 4 rings (SSSR count). The van der Waals surface area contributed by atoms with Gasteiger partial charge < -0.3 is 39.5 Å². The second kappa shape index (κ2) is 10.8. The van der Waals surface area contributed by atoms with Crippen LogP contribution in [0.2, 0.25) is 0 Å². The molecule has 1 saturated heterocycles. The van der Waals surface area contributed by atoms with Crippen LogP contribution < -0.4 is 20.8 Å². The van der Waals surface area contributed by atoms with E-state index in [4.69, 9.17) is 24.7 Å². The van der Waals surface area contributed by atoms with Gasteiger partial charge in [-0.3, -0.25) is 19.9 Å². The highest BCUT2D eigenvalue weighted by Crippen LogP contribution is 2.45. The number of nitrogens with one attached hydrogen (secondary N) is 1. The molecule has 1 aliphatic rings. The number of nitro benzene ring substituents is 1. The maximum Gasteiger partial charge on any atom is 0.279 e. The summed E-state index contributed by atoms with van der Waals surface area (Å²) in [5.41, 5.74) is 5.41. The highest BCUT2D eigenvalue weighted by molar-refractivity contribution is 5.80. The third-order valence-corrected chi connectivity index (χ3v) is 6.68. The number of benzene rings is 1. The summed E-state index contributed by atoms with van der Waals surface area (Å²) in [7, 11) is 2.83. The van der Waals surface area contributed by atoms with E-state index >= 15 is 0 Å². The zero-order valence-electron chi connectivity index (χ0n) is 22.3. The topological polar surface area (TPSA) is 197 Å². The molecule has 39 heavy (non-hydrogen) atoms. The molecule has 0 bridgehead atoms. The summed E-state index contributed by atoms with van der Waals surface area (Å²) in [6, 6.07) is 2.81. The minimum Gasteiger partial charge on any atom is -0.493 e. The lowest BCUT2D eigenvalue weighted by Gasteiger charge is -2.31. The first-order valence-electron chi connectivity index (χ1n) is 12.2. The van der Waals surface area contributed by atoms with Crippen molar-refractivity contribution in [3.63, 3.8) is 0 Å². The van der Waals surface area contributed by atoms with Crippen LogP contribution in [0.5, 0.6) is 11.5 Å². The van der Waals surface area contributed by atoms with Crippen molar-refractivity contribution in [3.05, 3.63) is 49.9 Å². The number of hydrogen-bond acceptors (Lipinski definition) is 11. The molecule has 14 heteroatoms. The molecule has 1 aromatic carbocycles. The van der Waals surface area contributed by atoms with E-state index in [0.717, 1.165) is 0 Å². The highest BCUT2D eigenvalue weighted by atomic mass is 16.6. The molecule has 1 aliphatic heterocycles. The first-order valence-corrected chi connectivity index (χ1v) is 12.2. The van der Waals surface area contributed by atoms with Gasteiger partial charge in [-0.15, -0.1) is 0 Å². The fraction of sp³-hybridized carbons (Fsp3) is 0.520. The lowest BCUT2D eigenvalue weighted by molar-refractivity contribution is -0.386. The molecule has 1 unspecified atom stereocenters. The normalized spacial score (nSPS) is 20.3. The van der Waals surface area contributed by atoms with Gasteiger partial charge in [-0.2, -0.15) is 4.98 Å². The summed E-state index contributed by atoms with van der Waals surface area (Å²) in [6.45, 7) is 5.13. The summed E-state index contributed by atoms with van der Waals surface area (Å²) in [5.74, 6) is 0.406. The number of anilines is 1. The third kappa shape index (κ3) is 5.41. The van der Waals surface area contributed by atoms with Crippen LogP contribution in [0, 0.1) is 15.5 Å². The second-order valence-electron chi connectivity index (χ2n) is 10.4. The van der Waals surface area contributed by atoms with E-state index in [0.29, 0.717) is 11.3 Å². The van der Waals surface area contributed by atoms with Crippen LogP contribution >= 0.6 is 0 Å². The van der Waals surface area contributed by atoms with Gasteiger partial charge in [-0.25, -0.2) is 0 Å². The number of rotatable bonds is 9. The molecule has 0 radical (unpaired) electrons. The molecule has 3 aromatic rings. The summed E-state index contributed by atoms with van der Waals surface area (Å²) < 4.78 is 24.3. The first-order chi connectivity index (χ1) is 18.4.